The zero-order valence-corrected chi connectivity index (χ0v) is 11.2. The molecule has 1 unspecified atom stereocenters. The summed E-state index contributed by atoms with van der Waals surface area (Å²) in [5.41, 5.74) is 0. The van der Waals surface area contributed by atoms with E-state index >= 15 is 0 Å². The van der Waals surface area contributed by atoms with Crippen LogP contribution in [0.5, 0.6) is 0 Å². The van der Waals surface area contributed by atoms with E-state index in [4.69, 9.17) is 10.00 Å². The number of carbonyl (C=O) groups is 1. The van der Waals surface area contributed by atoms with Gasteiger partial charge in [-0.25, -0.2) is 0 Å². The third kappa shape index (κ3) is 9.79. The molecule has 1 amide bonds. The second-order valence-electron chi connectivity index (χ2n) is 4.58. The van der Waals surface area contributed by atoms with Gasteiger partial charge in [-0.05, 0) is 19.9 Å². The highest BCUT2D eigenvalue weighted by molar-refractivity contribution is 5.77. The summed E-state index contributed by atoms with van der Waals surface area (Å²) < 4.78 is 5.21. The van der Waals surface area contributed by atoms with Crippen LogP contribution in [0.4, 0.5) is 0 Å². The number of hydrogen-bond donors (Lipinski definition) is 1. The van der Waals surface area contributed by atoms with Crippen molar-refractivity contribution in [2.24, 2.45) is 5.92 Å². The van der Waals surface area contributed by atoms with Gasteiger partial charge in [0, 0.05) is 13.1 Å². The van der Waals surface area contributed by atoms with Gasteiger partial charge >= 0.3 is 0 Å². The maximum absolute atomic E-state index is 11.5. The standard InChI is InChI=1S/C12H23N3O2/c1-10(2)8-14-12(16)9-15(4)5-6-17-11(3)7-13/h10-11H,5-6,8-9H2,1-4H3,(H,14,16). The fraction of sp³-hybridized carbons (Fsp3) is 0.833. The summed E-state index contributed by atoms with van der Waals surface area (Å²) in [6, 6.07) is 1.99. The first kappa shape index (κ1) is 15.9. The average Bonchev–Trinajstić information content (AvgIpc) is 2.26. The van der Waals surface area contributed by atoms with Crippen molar-refractivity contribution in [3.8, 4) is 6.07 Å². The Morgan fingerprint density at radius 2 is 2.12 bits per heavy atom. The summed E-state index contributed by atoms with van der Waals surface area (Å²) in [4.78, 5) is 13.3. The van der Waals surface area contributed by atoms with Gasteiger partial charge in [0.25, 0.3) is 0 Å². The van der Waals surface area contributed by atoms with Crippen molar-refractivity contribution in [2.45, 2.75) is 26.9 Å². The summed E-state index contributed by atoms with van der Waals surface area (Å²) in [5, 5.41) is 11.4. The summed E-state index contributed by atoms with van der Waals surface area (Å²) in [5.74, 6) is 0.485. The molecule has 0 radical (unpaired) electrons. The van der Waals surface area contributed by atoms with Gasteiger partial charge in [-0.1, -0.05) is 13.8 Å². The number of hydrogen-bond acceptors (Lipinski definition) is 4. The molecule has 98 valence electrons. The van der Waals surface area contributed by atoms with Gasteiger partial charge in [-0.15, -0.1) is 0 Å². The Hall–Kier alpha value is -1.12. The Balaban J connectivity index is 3.61. The molecule has 0 aromatic rings. The van der Waals surface area contributed by atoms with E-state index in [1.165, 1.54) is 0 Å². The molecule has 0 fully saturated rings. The number of rotatable bonds is 8. The summed E-state index contributed by atoms with van der Waals surface area (Å²) >= 11 is 0. The second-order valence-corrected chi connectivity index (χ2v) is 4.58. The van der Waals surface area contributed by atoms with E-state index in [1.54, 1.807) is 6.92 Å². The van der Waals surface area contributed by atoms with Crippen LogP contribution < -0.4 is 5.32 Å². The van der Waals surface area contributed by atoms with Crippen molar-refractivity contribution in [1.29, 1.82) is 5.26 Å². The van der Waals surface area contributed by atoms with Crippen molar-refractivity contribution < 1.29 is 9.53 Å². The summed E-state index contributed by atoms with van der Waals surface area (Å²) in [7, 11) is 1.86. The number of likely N-dealkylation sites (N-methyl/N-ethyl adjacent to an activating group) is 1. The lowest BCUT2D eigenvalue weighted by Gasteiger charge is -2.17. The van der Waals surface area contributed by atoms with Crippen LogP contribution in [0.15, 0.2) is 0 Å². The molecule has 1 atom stereocenters. The van der Waals surface area contributed by atoms with Crippen LogP contribution in [0.3, 0.4) is 0 Å². The largest absolute Gasteiger partial charge is 0.362 e. The van der Waals surface area contributed by atoms with E-state index in [0.717, 1.165) is 0 Å². The Morgan fingerprint density at radius 1 is 1.47 bits per heavy atom. The SMILES string of the molecule is CC(C)CNC(=O)CN(C)CCOC(C)C#N. The molecule has 0 saturated carbocycles. The monoisotopic (exact) mass is 241 g/mol. The van der Waals surface area contributed by atoms with Crippen LogP contribution in [-0.4, -0.2) is 50.2 Å². The van der Waals surface area contributed by atoms with Crippen molar-refractivity contribution in [3.63, 3.8) is 0 Å². The molecule has 0 spiro atoms. The number of ether oxygens (including phenoxy) is 1. The molecule has 17 heavy (non-hydrogen) atoms. The zero-order chi connectivity index (χ0) is 13.3. The summed E-state index contributed by atoms with van der Waals surface area (Å²) in [6.45, 7) is 7.98. The highest BCUT2D eigenvalue weighted by atomic mass is 16.5. The van der Waals surface area contributed by atoms with E-state index in [0.29, 0.717) is 32.2 Å². The Labute approximate surface area is 104 Å². The topological polar surface area (TPSA) is 65.4 Å². The average molecular weight is 241 g/mol. The van der Waals surface area contributed by atoms with Crippen LogP contribution in [0.25, 0.3) is 0 Å². The minimum absolute atomic E-state index is 0.0227. The minimum Gasteiger partial charge on any atom is -0.362 e. The Kier molecular flexibility index (Phi) is 8.38. The van der Waals surface area contributed by atoms with Crippen LogP contribution in [-0.2, 0) is 9.53 Å². The van der Waals surface area contributed by atoms with Crippen molar-refractivity contribution in [2.75, 3.05) is 33.3 Å². The lowest BCUT2D eigenvalue weighted by molar-refractivity contribution is -0.122. The van der Waals surface area contributed by atoms with E-state index in [2.05, 4.69) is 19.2 Å². The first-order valence-electron chi connectivity index (χ1n) is 5.92. The lowest BCUT2D eigenvalue weighted by atomic mass is 10.2. The molecule has 0 aromatic heterocycles. The molecule has 0 saturated heterocycles. The number of carbonyl (C=O) groups excluding carboxylic acids is 1. The van der Waals surface area contributed by atoms with Gasteiger partial charge in [0.1, 0.15) is 6.10 Å². The molecule has 5 heteroatoms. The van der Waals surface area contributed by atoms with E-state index in [9.17, 15) is 4.79 Å². The highest BCUT2D eigenvalue weighted by Gasteiger charge is 2.07. The maximum atomic E-state index is 11.5. The lowest BCUT2D eigenvalue weighted by Crippen LogP contribution is -2.38. The molecule has 0 heterocycles. The first-order valence-corrected chi connectivity index (χ1v) is 5.92. The van der Waals surface area contributed by atoms with Crippen LogP contribution in [0.1, 0.15) is 20.8 Å². The molecular formula is C12H23N3O2. The highest BCUT2D eigenvalue weighted by Crippen LogP contribution is 1.91. The number of amides is 1. The van der Waals surface area contributed by atoms with Crippen LogP contribution in [0, 0.1) is 17.2 Å². The van der Waals surface area contributed by atoms with Gasteiger partial charge in [-0.3, -0.25) is 9.69 Å². The second kappa shape index (κ2) is 8.97. The third-order valence-electron chi connectivity index (χ3n) is 2.14. The van der Waals surface area contributed by atoms with Crippen LogP contribution in [0.2, 0.25) is 0 Å². The zero-order valence-electron chi connectivity index (χ0n) is 11.2. The van der Waals surface area contributed by atoms with Gasteiger partial charge in [0.05, 0.1) is 19.2 Å². The third-order valence-corrected chi connectivity index (χ3v) is 2.14. The quantitative estimate of drug-likeness (QED) is 0.676. The smallest absolute Gasteiger partial charge is 0.234 e. The van der Waals surface area contributed by atoms with Crippen molar-refractivity contribution >= 4 is 5.91 Å². The van der Waals surface area contributed by atoms with Gasteiger partial charge in [-0.2, -0.15) is 5.26 Å². The molecule has 0 aromatic carbocycles. The fourth-order valence-electron chi connectivity index (χ4n) is 1.12. The molecule has 0 aliphatic rings. The maximum Gasteiger partial charge on any atom is 0.234 e. The molecular weight excluding hydrogens is 218 g/mol. The summed E-state index contributed by atoms with van der Waals surface area (Å²) in [6.07, 6.45) is -0.391. The Morgan fingerprint density at radius 3 is 2.65 bits per heavy atom. The molecule has 0 rings (SSSR count). The molecule has 5 nitrogen and oxygen atoms in total. The normalized spacial score (nSPS) is 12.5. The number of nitrogens with one attached hydrogen (secondary N) is 1. The minimum atomic E-state index is -0.391. The van der Waals surface area contributed by atoms with Crippen LogP contribution >= 0.6 is 0 Å². The van der Waals surface area contributed by atoms with E-state index < -0.39 is 6.10 Å². The van der Waals surface area contributed by atoms with Gasteiger partial charge in [0.15, 0.2) is 0 Å². The fourth-order valence-corrected chi connectivity index (χ4v) is 1.12. The predicted octanol–water partition coefficient (Wildman–Crippen LogP) is 0.619. The first-order chi connectivity index (χ1) is 7.95. The van der Waals surface area contributed by atoms with Gasteiger partial charge < -0.3 is 10.1 Å². The number of nitrogens with zero attached hydrogens (tertiary/aromatic N) is 2. The number of nitriles is 1. The van der Waals surface area contributed by atoms with Gasteiger partial charge in [0.2, 0.25) is 5.91 Å². The molecule has 0 aliphatic carbocycles. The van der Waals surface area contributed by atoms with Crippen molar-refractivity contribution in [3.05, 3.63) is 0 Å². The molecule has 0 aliphatic heterocycles. The van der Waals surface area contributed by atoms with E-state index in [1.807, 2.05) is 18.0 Å². The molecule has 1 N–H and O–H groups in total. The Bertz CT molecular complexity index is 261. The van der Waals surface area contributed by atoms with Crippen molar-refractivity contribution in [1.82, 2.24) is 10.2 Å². The molecule has 0 bridgehead atoms. The van der Waals surface area contributed by atoms with E-state index in [-0.39, 0.29) is 5.91 Å². The predicted molar refractivity (Wildman–Crippen MR) is 66.4 cm³/mol.